The zero-order valence-corrected chi connectivity index (χ0v) is 75.4. The molecule has 0 saturated heterocycles. The van der Waals surface area contributed by atoms with Crippen LogP contribution in [-0.2, 0) is 0 Å². The Morgan fingerprint density at radius 1 is 0.181 bits per heavy atom. The SMILES string of the molecule is CCCCCCCCCCCCOc1cc(C#Cc2c3cc4ccccc4cc3c(C#Cc3cc(OCCCCCCCCCCCC)c(OCCCCCCCCCCCC)c(OCCCCCCCCCCCC)c3)c3cc4ccccc4cc23)cc(OCCCCCCCCCCCC)c1OCCCCCCCCCCCC. The van der Waals surface area contributed by atoms with E-state index in [1.165, 1.54) is 308 Å². The molecular formula is C110H166O6. The van der Waals surface area contributed by atoms with Gasteiger partial charge in [0.2, 0.25) is 11.5 Å². The second-order valence-electron chi connectivity index (χ2n) is 34.5. The highest BCUT2D eigenvalue weighted by Crippen LogP contribution is 2.43. The van der Waals surface area contributed by atoms with E-state index in [1.54, 1.807) is 0 Å². The van der Waals surface area contributed by atoms with Crippen LogP contribution in [0.5, 0.6) is 34.5 Å². The minimum atomic E-state index is 0.622. The number of ether oxygens (including phenoxy) is 6. The summed E-state index contributed by atoms with van der Waals surface area (Å²) in [5.41, 5.74) is 3.67. The first-order valence-corrected chi connectivity index (χ1v) is 49.5. The number of unbranched alkanes of at least 4 members (excludes halogenated alkanes) is 54. The second kappa shape index (κ2) is 64.4. The molecular weight excluding hydrogens is 1420 g/mol. The van der Waals surface area contributed by atoms with Gasteiger partial charge in [0, 0.05) is 22.3 Å². The third-order valence-electron chi connectivity index (χ3n) is 24.1. The van der Waals surface area contributed by atoms with Crippen LogP contribution in [0.4, 0.5) is 0 Å². The summed E-state index contributed by atoms with van der Waals surface area (Å²) in [6.45, 7) is 17.6. The minimum absolute atomic E-state index is 0.622. The molecule has 0 N–H and O–H groups in total. The van der Waals surface area contributed by atoms with Gasteiger partial charge >= 0.3 is 0 Å². The molecule has 6 heteroatoms. The molecule has 0 atom stereocenters. The summed E-state index contributed by atoms with van der Waals surface area (Å²) in [7, 11) is 0. The van der Waals surface area contributed by atoms with Crippen molar-refractivity contribution >= 4 is 43.1 Å². The van der Waals surface area contributed by atoms with Gasteiger partial charge in [-0.2, -0.15) is 0 Å². The van der Waals surface area contributed by atoms with Gasteiger partial charge in [0.1, 0.15) is 0 Å². The van der Waals surface area contributed by atoms with Crippen molar-refractivity contribution in [1.29, 1.82) is 0 Å². The fourth-order valence-electron chi connectivity index (χ4n) is 16.8. The Kier molecular flexibility index (Phi) is 53.7. The molecule has 0 heterocycles. The maximum atomic E-state index is 6.98. The minimum Gasteiger partial charge on any atom is -0.490 e. The molecule has 0 bridgehead atoms. The predicted molar refractivity (Wildman–Crippen MR) is 505 cm³/mol. The Labute approximate surface area is 711 Å². The Morgan fingerprint density at radius 2 is 0.345 bits per heavy atom. The lowest BCUT2D eigenvalue weighted by molar-refractivity contribution is 0.234. The Morgan fingerprint density at radius 3 is 0.526 bits per heavy atom. The van der Waals surface area contributed by atoms with Crippen LogP contribution in [0.25, 0.3) is 43.1 Å². The van der Waals surface area contributed by atoms with Gasteiger partial charge in [-0.3, -0.25) is 0 Å². The highest BCUT2D eigenvalue weighted by atomic mass is 16.5. The molecule has 0 unspecified atom stereocenters. The predicted octanol–water partition coefficient (Wildman–Crippen LogP) is 34.9. The highest BCUT2D eigenvalue weighted by Gasteiger charge is 2.21. The van der Waals surface area contributed by atoms with Gasteiger partial charge in [0.25, 0.3) is 0 Å². The quantitative estimate of drug-likeness (QED) is 0.0215. The molecule has 0 aliphatic carbocycles. The molecule has 116 heavy (non-hydrogen) atoms. The molecule has 0 spiro atoms. The van der Waals surface area contributed by atoms with E-state index in [4.69, 9.17) is 28.4 Å². The van der Waals surface area contributed by atoms with Crippen molar-refractivity contribution in [2.24, 2.45) is 0 Å². The maximum Gasteiger partial charge on any atom is 0.203 e. The molecule has 0 aromatic heterocycles. The van der Waals surface area contributed by atoms with E-state index < -0.39 is 0 Å². The molecule has 0 saturated carbocycles. The lowest BCUT2D eigenvalue weighted by atomic mass is 9.88. The van der Waals surface area contributed by atoms with E-state index in [0.29, 0.717) is 39.6 Å². The zero-order chi connectivity index (χ0) is 81.4. The van der Waals surface area contributed by atoms with E-state index in [1.807, 2.05) is 0 Å². The second-order valence-corrected chi connectivity index (χ2v) is 34.5. The molecule has 7 rings (SSSR count). The smallest absolute Gasteiger partial charge is 0.203 e. The molecule has 0 fully saturated rings. The van der Waals surface area contributed by atoms with Gasteiger partial charge in [-0.15, -0.1) is 0 Å². The largest absolute Gasteiger partial charge is 0.490 e. The topological polar surface area (TPSA) is 55.4 Å². The van der Waals surface area contributed by atoms with Crippen LogP contribution in [0, 0.1) is 23.7 Å². The summed E-state index contributed by atoms with van der Waals surface area (Å²) in [5, 5.41) is 8.96. The first-order chi connectivity index (χ1) is 57.5. The molecule has 642 valence electrons. The summed E-state index contributed by atoms with van der Waals surface area (Å²) in [4.78, 5) is 0. The summed E-state index contributed by atoms with van der Waals surface area (Å²) < 4.78 is 41.8. The van der Waals surface area contributed by atoms with E-state index in [2.05, 4.69) is 162 Å². The molecule has 7 aromatic rings. The standard InChI is InChI=1S/C110H166O6/c1-7-13-19-25-31-37-43-49-55-65-79-111-105-85-93(86-106(112-80-66-56-50-44-38-32-26-20-14-8-2)109(105)115-83-69-59-53-47-41-35-29-23-17-11-5)75-77-99-101-89-95-71-61-63-73-97(95)91-103(101)100(104-92-98-74-64-62-72-96(98)90-102(99)104)78-76-94-87-107(113-81-67-57-51-45-39-33-27-21-15-9-3)110(116-84-70-60-54-48-42-36-30-24-18-12-6)108(88-94)114-82-68-58-52-46-40-34-28-22-16-10-4/h61-64,71-74,85-92H,7-60,65-70,79-84H2,1-6H3. The average molecular weight is 1580 g/mol. The van der Waals surface area contributed by atoms with Crippen LogP contribution in [0.15, 0.2) is 97.1 Å². The van der Waals surface area contributed by atoms with Gasteiger partial charge in [-0.1, -0.05) is 460 Å². The van der Waals surface area contributed by atoms with Crippen molar-refractivity contribution in [3.63, 3.8) is 0 Å². The molecule has 0 amide bonds. The number of fused-ring (bicyclic) bond motifs is 4. The van der Waals surface area contributed by atoms with E-state index >= 15 is 0 Å². The Hall–Kier alpha value is -6.50. The number of benzene rings is 7. The lowest BCUT2D eigenvalue weighted by Crippen LogP contribution is -2.07. The van der Waals surface area contributed by atoms with Gasteiger partial charge < -0.3 is 28.4 Å². The van der Waals surface area contributed by atoms with Crippen LogP contribution in [-0.4, -0.2) is 39.6 Å². The molecule has 7 aromatic carbocycles. The van der Waals surface area contributed by atoms with Crippen molar-refractivity contribution in [2.45, 2.75) is 427 Å². The Balaban J connectivity index is 1.29. The third-order valence-corrected chi connectivity index (χ3v) is 24.1. The van der Waals surface area contributed by atoms with Crippen LogP contribution < -0.4 is 28.4 Å². The maximum absolute atomic E-state index is 6.98. The van der Waals surface area contributed by atoms with Crippen molar-refractivity contribution in [2.75, 3.05) is 39.6 Å². The zero-order valence-electron chi connectivity index (χ0n) is 75.4. The Bertz CT molecular complexity index is 3360. The van der Waals surface area contributed by atoms with Gasteiger partial charge in [0.15, 0.2) is 23.0 Å². The van der Waals surface area contributed by atoms with Crippen LogP contribution in [0.3, 0.4) is 0 Å². The first kappa shape index (κ1) is 96.6. The highest BCUT2D eigenvalue weighted by molar-refractivity contribution is 6.16. The average Bonchev–Trinajstić information content (AvgIpc) is 0.732. The van der Waals surface area contributed by atoms with Crippen molar-refractivity contribution in [1.82, 2.24) is 0 Å². The van der Waals surface area contributed by atoms with Crippen LogP contribution >= 0.6 is 0 Å². The molecule has 0 aliphatic heterocycles. The number of hydrogen-bond donors (Lipinski definition) is 0. The summed E-state index contributed by atoms with van der Waals surface area (Å²) in [6, 6.07) is 35.6. The van der Waals surface area contributed by atoms with Crippen LogP contribution in [0.1, 0.15) is 449 Å². The molecule has 6 nitrogen and oxygen atoms in total. The monoisotopic (exact) mass is 1580 g/mol. The molecule has 0 aliphatic rings. The van der Waals surface area contributed by atoms with Crippen molar-refractivity contribution < 1.29 is 28.4 Å². The van der Waals surface area contributed by atoms with E-state index in [0.717, 1.165) is 177 Å². The van der Waals surface area contributed by atoms with Crippen molar-refractivity contribution in [3.8, 4) is 58.2 Å². The van der Waals surface area contributed by atoms with E-state index in [9.17, 15) is 0 Å². The summed E-state index contributed by atoms with van der Waals surface area (Å²) >= 11 is 0. The first-order valence-electron chi connectivity index (χ1n) is 49.5. The summed E-state index contributed by atoms with van der Waals surface area (Å²) in [5.74, 6) is 19.9. The normalized spacial score (nSPS) is 11.4. The van der Waals surface area contributed by atoms with Gasteiger partial charge in [0.05, 0.1) is 39.6 Å². The van der Waals surface area contributed by atoms with Crippen LogP contribution in [0.2, 0.25) is 0 Å². The number of rotatable bonds is 72. The summed E-state index contributed by atoms with van der Waals surface area (Å²) in [6.07, 6.45) is 76.5. The number of hydrogen-bond acceptors (Lipinski definition) is 6. The van der Waals surface area contributed by atoms with Gasteiger partial charge in [-0.05, 0) is 130 Å². The van der Waals surface area contributed by atoms with Gasteiger partial charge in [-0.25, -0.2) is 0 Å². The van der Waals surface area contributed by atoms with Crippen molar-refractivity contribution in [3.05, 3.63) is 119 Å². The fourth-order valence-corrected chi connectivity index (χ4v) is 16.8. The fraction of sp³-hybridized carbons (Fsp3) is 0.655. The van der Waals surface area contributed by atoms with E-state index in [-0.39, 0.29) is 0 Å². The third kappa shape index (κ3) is 39.6. The lowest BCUT2D eigenvalue weighted by Gasteiger charge is -2.18. The molecule has 0 radical (unpaired) electrons.